The van der Waals surface area contributed by atoms with Crippen molar-refractivity contribution in [3.05, 3.63) is 65.5 Å². The van der Waals surface area contributed by atoms with Crippen molar-refractivity contribution in [2.24, 2.45) is 0 Å². The Kier molecular flexibility index (Phi) is 5.23. The second kappa shape index (κ2) is 6.76. The van der Waals surface area contributed by atoms with Gasteiger partial charge in [-0.3, -0.25) is 4.57 Å². The summed E-state index contributed by atoms with van der Waals surface area (Å²) in [4.78, 5) is 17.9. The van der Waals surface area contributed by atoms with Crippen LogP contribution < -0.4 is 0 Å². The SMILES string of the molecule is [CH2]c1ccc(-c2ccc(Cl)cc2)c(CCCP(=O)(O)O)c1. The topological polar surface area (TPSA) is 57.5 Å². The molecule has 21 heavy (non-hydrogen) atoms. The van der Waals surface area contributed by atoms with Crippen LogP contribution in [0, 0.1) is 6.92 Å². The molecule has 0 saturated heterocycles. The van der Waals surface area contributed by atoms with Crippen LogP contribution in [0.1, 0.15) is 17.5 Å². The van der Waals surface area contributed by atoms with Gasteiger partial charge in [0.25, 0.3) is 0 Å². The molecule has 2 aromatic carbocycles. The van der Waals surface area contributed by atoms with E-state index in [2.05, 4.69) is 6.92 Å². The quantitative estimate of drug-likeness (QED) is 0.807. The molecule has 3 nitrogen and oxygen atoms in total. The van der Waals surface area contributed by atoms with E-state index in [1.807, 2.05) is 42.5 Å². The van der Waals surface area contributed by atoms with Crippen molar-refractivity contribution in [3.8, 4) is 11.1 Å². The molecule has 2 N–H and O–H groups in total. The summed E-state index contributed by atoms with van der Waals surface area (Å²) in [5.41, 5.74) is 4.01. The van der Waals surface area contributed by atoms with E-state index < -0.39 is 7.60 Å². The zero-order valence-electron chi connectivity index (χ0n) is 11.5. The molecule has 1 radical (unpaired) electrons. The minimum absolute atomic E-state index is 0.103. The molecule has 0 saturated carbocycles. The Morgan fingerprint density at radius 2 is 1.76 bits per heavy atom. The van der Waals surface area contributed by atoms with Crippen LogP contribution in [0.25, 0.3) is 11.1 Å². The standard InChI is InChI=1S/C16H17ClO3P/c1-12-4-9-16(13-5-7-15(17)8-6-13)14(11-12)3-2-10-21(18,19)20/h4-9,11H,1-3,10H2,(H2,18,19,20). The summed E-state index contributed by atoms with van der Waals surface area (Å²) in [6.45, 7) is 3.91. The lowest BCUT2D eigenvalue weighted by Gasteiger charge is -2.12. The van der Waals surface area contributed by atoms with Gasteiger partial charge in [0.15, 0.2) is 0 Å². The lowest BCUT2D eigenvalue weighted by Crippen LogP contribution is -1.95. The van der Waals surface area contributed by atoms with Gasteiger partial charge >= 0.3 is 7.60 Å². The predicted octanol–water partition coefficient (Wildman–Crippen LogP) is 4.30. The van der Waals surface area contributed by atoms with E-state index in [1.54, 1.807) is 0 Å². The number of hydrogen-bond acceptors (Lipinski definition) is 1. The van der Waals surface area contributed by atoms with E-state index in [4.69, 9.17) is 21.4 Å². The summed E-state index contributed by atoms with van der Waals surface area (Å²) in [7, 11) is -3.94. The van der Waals surface area contributed by atoms with Crippen LogP contribution in [0.3, 0.4) is 0 Å². The number of benzene rings is 2. The Morgan fingerprint density at radius 3 is 2.38 bits per heavy atom. The first kappa shape index (κ1) is 16.3. The van der Waals surface area contributed by atoms with Crippen molar-refractivity contribution < 1.29 is 14.4 Å². The zero-order chi connectivity index (χ0) is 15.5. The molecular formula is C16H17ClO3P. The molecule has 0 atom stereocenters. The Morgan fingerprint density at radius 1 is 1.10 bits per heavy atom. The van der Waals surface area contributed by atoms with Crippen molar-refractivity contribution >= 4 is 19.2 Å². The summed E-state index contributed by atoms with van der Waals surface area (Å²) in [5, 5.41) is 0.676. The molecule has 0 amide bonds. The van der Waals surface area contributed by atoms with Gasteiger partial charge < -0.3 is 9.79 Å². The zero-order valence-corrected chi connectivity index (χ0v) is 13.1. The minimum Gasteiger partial charge on any atom is -0.324 e. The maximum atomic E-state index is 10.9. The van der Waals surface area contributed by atoms with Gasteiger partial charge in [0, 0.05) is 5.02 Å². The van der Waals surface area contributed by atoms with Crippen molar-refractivity contribution in [1.29, 1.82) is 0 Å². The third kappa shape index (κ3) is 4.98. The molecular weight excluding hydrogens is 307 g/mol. The highest BCUT2D eigenvalue weighted by molar-refractivity contribution is 7.51. The average molecular weight is 324 g/mol. The summed E-state index contributed by atoms with van der Waals surface area (Å²) >= 11 is 5.90. The molecule has 5 heteroatoms. The Labute approximate surface area is 129 Å². The molecule has 0 aliphatic carbocycles. The van der Waals surface area contributed by atoms with Crippen molar-refractivity contribution in [1.82, 2.24) is 0 Å². The number of halogens is 1. The van der Waals surface area contributed by atoms with E-state index in [0.29, 0.717) is 17.9 Å². The molecule has 2 aromatic rings. The van der Waals surface area contributed by atoms with Gasteiger partial charge in [-0.05, 0) is 54.2 Å². The first-order valence-corrected chi connectivity index (χ1v) is 8.78. The number of hydrogen-bond donors (Lipinski definition) is 2. The van der Waals surface area contributed by atoms with Gasteiger partial charge in [-0.2, -0.15) is 0 Å². The van der Waals surface area contributed by atoms with Gasteiger partial charge in [0.05, 0.1) is 6.16 Å². The highest BCUT2D eigenvalue weighted by Crippen LogP contribution is 2.36. The van der Waals surface area contributed by atoms with Crippen LogP contribution in [0.4, 0.5) is 0 Å². The normalized spacial score (nSPS) is 11.6. The van der Waals surface area contributed by atoms with Crippen LogP contribution in [0.15, 0.2) is 42.5 Å². The van der Waals surface area contributed by atoms with Gasteiger partial charge in [0.1, 0.15) is 0 Å². The highest BCUT2D eigenvalue weighted by Gasteiger charge is 2.13. The van der Waals surface area contributed by atoms with Crippen LogP contribution in [-0.2, 0) is 11.0 Å². The lowest BCUT2D eigenvalue weighted by molar-refractivity contribution is 0.371. The fourth-order valence-electron chi connectivity index (χ4n) is 2.24. The van der Waals surface area contributed by atoms with Crippen molar-refractivity contribution in [2.45, 2.75) is 12.8 Å². The molecule has 0 bridgehead atoms. The molecule has 0 aromatic heterocycles. The van der Waals surface area contributed by atoms with E-state index >= 15 is 0 Å². The molecule has 0 aliphatic heterocycles. The first-order valence-electron chi connectivity index (χ1n) is 6.60. The maximum Gasteiger partial charge on any atom is 0.325 e. The van der Waals surface area contributed by atoms with Crippen LogP contribution >= 0.6 is 19.2 Å². The Balaban J connectivity index is 2.25. The first-order chi connectivity index (χ1) is 9.85. The number of aryl methyl sites for hydroxylation is 1. The monoisotopic (exact) mass is 323 g/mol. The van der Waals surface area contributed by atoms with E-state index in [1.165, 1.54) is 0 Å². The fourth-order valence-corrected chi connectivity index (χ4v) is 2.94. The van der Waals surface area contributed by atoms with Gasteiger partial charge in [-0.25, -0.2) is 0 Å². The van der Waals surface area contributed by atoms with Crippen LogP contribution in [0.5, 0.6) is 0 Å². The van der Waals surface area contributed by atoms with Gasteiger partial charge in [0.2, 0.25) is 0 Å². The van der Waals surface area contributed by atoms with Crippen molar-refractivity contribution in [2.75, 3.05) is 6.16 Å². The molecule has 0 unspecified atom stereocenters. The van der Waals surface area contributed by atoms with Gasteiger partial charge in [-0.15, -0.1) is 0 Å². The van der Waals surface area contributed by atoms with E-state index in [0.717, 1.165) is 22.3 Å². The van der Waals surface area contributed by atoms with Gasteiger partial charge in [-0.1, -0.05) is 41.9 Å². The smallest absolute Gasteiger partial charge is 0.324 e. The second-order valence-corrected chi connectivity index (χ2v) is 7.20. The molecule has 0 aliphatic rings. The molecule has 2 rings (SSSR count). The molecule has 0 heterocycles. The predicted molar refractivity (Wildman–Crippen MR) is 86.6 cm³/mol. The minimum atomic E-state index is -3.94. The molecule has 0 fully saturated rings. The third-order valence-electron chi connectivity index (χ3n) is 3.22. The Hall–Kier alpha value is -1.12. The maximum absolute atomic E-state index is 10.9. The summed E-state index contributed by atoms with van der Waals surface area (Å²) in [6, 6.07) is 13.4. The highest BCUT2D eigenvalue weighted by atomic mass is 35.5. The van der Waals surface area contributed by atoms with E-state index in [-0.39, 0.29) is 6.16 Å². The summed E-state index contributed by atoms with van der Waals surface area (Å²) in [5.74, 6) is 0. The third-order valence-corrected chi connectivity index (χ3v) is 4.37. The second-order valence-electron chi connectivity index (χ2n) is 4.99. The van der Waals surface area contributed by atoms with Crippen molar-refractivity contribution in [3.63, 3.8) is 0 Å². The van der Waals surface area contributed by atoms with Crippen LogP contribution in [0.2, 0.25) is 5.02 Å². The van der Waals surface area contributed by atoms with Crippen LogP contribution in [-0.4, -0.2) is 15.9 Å². The Bertz CT molecular complexity index is 662. The summed E-state index contributed by atoms with van der Waals surface area (Å²) < 4.78 is 10.9. The number of rotatable bonds is 5. The molecule has 111 valence electrons. The largest absolute Gasteiger partial charge is 0.325 e. The fraction of sp³-hybridized carbons (Fsp3) is 0.188. The summed E-state index contributed by atoms with van der Waals surface area (Å²) in [6.07, 6.45) is 0.940. The van der Waals surface area contributed by atoms with E-state index in [9.17, 15) is 4.57 Å². The average Bonchev–Trinajstić information content (AvgIpc) is 2.39. The molecule has 0 spiro atoms. The lowest BCUT2D eigenvalue weighted by atomic mass is 9.95.